The zero-order chi connectivity index (χ0) is 12.1. The number of carbonyl (C=O) groups is 1. The van der Waals surface area contributed by atoms with Crippen molar-refractivity contribution in [1.29, 1.82) is 0 Å². The molecule has 84 valence electrons. The minimum absolute atomic E-state index is 0.339. The fraction of sp³-hybridized carbons (Fsp3) is 0.125. The molecule has 0 unspecified atom stereocenters. The predicted octanol–water partition coefficient (Wildman–Crippen LogP) is 4.50. The van der Waals surface area contributed by atoms with Crippen LogP contribution in [0.25, 0.3) is 0 Å². The van der Waals surface area contributed by atoms with E-state index in [-0.39, 0.29) is 0 Å². The summed E-state index contributed by atoms with van der Waals surface area (Å²) in [5, 5.41) is 5.25. The molecule has 0 radical (unpaired) electrons. The summed E-state index contributed by atoms with van der Waals surface area (Å²) in [4.78, 5) is 10.3. The van der Waals surface area contributed by atoms with Crippen LogP contribution in [0.3, 0.4) is 0 Å². The Kier molecular flexibility index (Phi) is 6.30. The van der Waals surface area contributed by atoms with E-state index in [4.69, 9.17) is 5.11 Å². The van der Waals surface area contributed by atoms with E-state index >= 15 is 0 Å². The van der Waals surface area contributed by atoms with Gasteiger partial charge in [0.25, 0.3) is 0 Å². The van der Waals surface area contributed by atoms with Crippen LogP contribution < -0.4 is 0 Å². The lowest BCUT2D eigenvalue weighted by Crippen LogP contribution is -1.94. The Morgan fingerprint density at radius 2 is 1.53 bits per heavy atom. The van der Waals surface area contributed by atoms with E-state index in [0.717, 1.165) is 5.56 Å². The average Bonchev–Trinajstić information content (AvgIpc) is 2.01. The first-order chi connectivity index (χ1) is 6.70. The normalized spacial score (nSPS) is 10.1. The third-order valence-corrected chi connectivity index (χ3v) is 1.30. The molecule has 0 saturated heterocycles. The van der Waals surface area contributed by atoms with Crippen LogP contribution in [-0.4, -0.2) is 11.1 Å². The van der Waals surface area contributed by atoms with E-state index in [1.165, 1.54) is 0 Å². The predicted molar refractivity (Wildman–Crippen MR) is 63.3 cm³/mol. The largest absolute Gasteiger partial charge is 0.478 e. The van der Waals surface area contributed by atoms with Crippen LogP contribution >= 0.6 is 38.9 Å². The number of hydrogen-bond donors (Lipinski definition) is 1. The van der Waals surface area contributed by atoms with Gasteiger partial charge in [0.1, 0.15) is 0 Å². The molecule has 0 spiro atoms. The number of aromatic carboxylic acids is 1. The molecule has 15 heavy (non-hydrogen) atoms. The maximum atomic E-state index is 10.3. The fourth-order valence-corrected chi connectivity index (χ4v) is 0.696. The number of hydrogen-bond acceptors (Lipinski definition) is 2. The molecule has 3 nitrogen and oxygen atoms in total. The van der Waals surface area contributed by atoms with Crippen molar-refractivity contribution in [3.8, 4) is 0 Å². The zero-order valence-electron chi connectivity index (χ0n) is 7.65. The van der Waals surface area contributed by atoms with Crippen LogP contribution in [0.4, 0.5) is 0 Å². The lowest BCUT2D eigenvalue weighted by Gasteiger charge is -1.92. The molecule has 7 heteroatoms. The second-order valence-corrected chi connectivity index (χ2v) is 9.21. The van der Waals surface area contributed by atoms with Crippen molar-refractivity contribution in [1.82, 2.24) is 0 Å². The molecule has 0 aliphatic rings. The van der Waals surface area contributed by atoms with E-state index in [1.54, 1.807) is 24.3 Å². The molecule has 1 aromatic rings. The van der Waals surface area contributed by atoms with E-state index in [9.17, 15) is 9.36 Å². The van der Waals surface area contributed by atoms with Crippen molar-refractivity contribution in [2.24, 2.45) is 0 Å². The first kappa shape index (κ1) is 14.8. The first-order valence-electron chi connectivity index (χ1n) is 3.69. The summed E-state index contributed by atoms with van der Waals surface area (Å²) in [7, 11) is 0. The van der Waals surface area contributed by atoms with Gasteiger partial charge in [-0.2, -0.15) is 0 Å². The van der Waals surface area contributed by atoms with Crippen molar-refractivity contribution in [2.75, 3.05) is 0 Å². The van der Waals surface area contributed by atoms with Gasteiger partial charge in [0, 0.05) is 0 Å². The highest BCUT2D eigenvalue weighted by atomic mass is 36.0. The lowest BCUT2D eigenvalue weighted by molar-refractivity contribution is 0.0697. The second-order valence-electron chi connectivity index (χ2n) is 2.57. The van der Waals surface area contributed by atoms with Crippen LogP contribution in [0.15, 0.2) is 24.3 Å². The van der Waals surface area contributed by atoms with Crippen molar-refractivity contribution < 1.29 is 14.5 Å². The highest BCUT2D eigenvalue weighted by Gasteiger charge is 2.03. The van der Waals surface area contributed by atoms with E-state index < -0.39 is 11.2 Å². The standard InChI is InChI=1S/C8H8O2.Cl3OP/c1-6-2-4-7(5-3-6)8(9)10;1-5(2,3)4/h2-5H,1H3,(H,9,10);. The topological polar surface area (TPSA) is 54.4 Å². The van der Waals surface area contributed by atoms with Gasteiger partial charge in [-0.1, -0.05) is 17.7 Å². The molecule has 0 amide bonds. The van der Waals surface area contributed by atoms with Gasteiger partial charge in [-0.05, 0) is 52.8 Å². The monoisotopic (exact) mass is 288 g/mol. The van der Waals surface area contributed by atoms with Gasteiger partial charge in [0.05, 0.1) is 5.56 Å². The quantitative estimate of drug-likeness (QED) is 0.774. The molecule has 0 saturated carbocycles. The van der Waals surface area contributed by atoms with Crippen molar-refractivity contribution in [3.05, 3.63) is 35.4 Å². The number of benzene rings is 1. The van der Waals surface area contributed by atoms with Crippen LogP contribution in [0.5, 0.6) is 0 Å². The van der Waals surface area contributed by atoms with Gasteiger partial charge in [-0.15, -0.1) is 0 Å². The molecule has 1 aromatic carbocycles. The molecule has 0 aromatic heterocycles. The third-order valence-electron chi connectivity index (χ3n) is 1.30. The molecule has 0 aliphatic heterocycles. The molecular formula is C8H8Cl3O3P. The molecule has 0 bridgehead atoms. The van der Waals surface area contributed by atoms with Crippen LogP contribution in [0, 0.1) is 6.92 Å². The third kappa shape index (κ3) is 10.1. The maximum absolute atomic E-state index is 10.3. The van der Waals surface area contributed by atoms with Gasteiger partial charge in [-0.3, -0.25) is 4.57 Å². The Morgan fingerprint density at radius 1 is 1.20 bits per heavy atom. The molecule has 0 atom stereocenters. The lowest BCUT2D eigenvalue weighted by atomic mass is 10.2. The summed E-state index contributed by atoms with van der Waals surface area (Å²) in [6.45, 7) is 1.92. The van der Waals surface area contributed by atoms with E-state index in [1.807, 2.05) is 6.92 Å². The van der Waals surface area contributed by atoms with Crippen LogP contribution in [-0.2, 0) is 4.57 Å². The van der Waals surface area contributed by atoms with Gasteiger partial charge in [0.2, 0.25) is 0 Å². The minimum atomic E-state index is -3.22. The Hall–Kier alpha value is -0.210. The summed E-state index contributed by atoms with van der Waals surface area (Å²) in [6, 6.07) is 6.75. The van der Waals surface area contributed by atoms with Gasteiger partial charge in [-0.25, -0.2) is 4.79 Å². The number of carboxylic acids is 1. The molecule has 0 fully saturated rings. The molecule has 0 aliphatic carbocycles. The molecule has 0 heterocycles. The molecular weight excluding hydrogens is 281 g/mol. The van der Waals surface area contributed by atoms with Crippen molar-refractivity contribution in [3.63, 3.8) is 0 Å². The van der Waals surface area contributed by atoms with Gasteiger partial charge < -0.3 is 5.11 Å². The summed E-state index contributed by atoms with van der Waals surface area (Å²) in [5.41, 5.74) is 1.41. The number of rotatable bonds is 1. The number of aryl methyl sites for hydroxylation is 1. The highest BCUT2D eigenvalue weighted by Crippen LogP contribution is 2.61. The first-order valence-corrected chi connectivity index (χ1v) is 8.11. The Bertz CT molecular complexity index is 363. The van der Waals surface area contributed by atoms with Gasteiger partial charge in [0.15, 0.2) is 0 Å². The highest BCUT2D eigenvalue weighted by molar-refractivity contribution is 8.24. The SMILES string of the molecule is Cc1ccc(C(=O)O)cc1.O=P(Cl)(Cl)Cl. The van der Waals surface area contributed by atoms with Crippen molar-refractivity contribution in [2.45, 2.75) is 6.92 Å². The average molecular weight is 289 g/mol. The van der Waals surface area contributed by atoms with Crippen LogP contribution in [0.2, 0.25) is 0 Å². The minimum Gasteiger partial charge on any atom is -0.478 e. The van der Waals surface area contributed by atoms with Gasteiger partial charge >= 0.3 is 11.2 Å². The maximum Gasteiger partial charge on any atom is 0.339 e. The number of halogens is 3. The second kappa shape index (κ2) is 6.39. The van der Waals surface area contributed by atoms with Crippen molar-refractivity contribution >= 4 is 44.9 Å². The summed E-state index contributed by atoms with van der Waals surface area (Å²) in [5.74, 6) is -0.875. The molecule has 1 N–H and O–H groups in total. The van der Waals surface area contributed by atoms with E-state index in [2.05, 4.69) is 33.7 Å². The summed E-state index contributed by atoms with van der Waals surface area (Å²) >= 11 is 13.8. The zero-order valence-corrected chi connectivity index (χ0v) is 10.8. The Morgan fingerprint density at radius 3 is 1.80 bits per heavy atom. The summed E-state index contributed by atoms with van der Waals surface area (Å²) < 4.78 is 9.51. The molecule has 1 rings (SSSR count). The fourth-order valence-electron chi connectivity index (χ4n) is 0.696. The van der Waals surface area contributed by atoms with Crippen LogP contribution in [0.1, 0.15) is 15.9 Å². The smallest absolute Gasteiger partial charge is 0.339 e. The Labute approximate surface area is 102 Å². The van der Waals surface area contributed by atoms with E-state index in [0.29, 0.717) is 5.56 Å². The number of carboxylic acid groups (broad SMARTS) is 1. The Balaban J connectivity index is 0.000000336. The summed E-state index contributed by atoms with van der Waals surface area (Å²) in [6.07, 6.45) is 0.